The third-order valence-corrected chi connectivity index (χ3v) is 6.09. The third kappa shape index (κ3) is 3.26. The summed E-state index contributed by atoms with van der Waals surface area (Å²) in [6, 6.07) is 8.25. The van der Waals surface area contributed by atoms with Crippen molar-refractivity contribution in [2.45, 2.75) is 26.1 Å². The Hall–Kier alpha value is -3.76. The molecule has 10 heteroatoms. The van der Waals surface area contributed by atoms with Crippen LogP contribution in [0, 0.1) is 0 Å². The van der Waals surface area contributed by atoms with Crippen molar-refractivity contribution in [2.75, 3.05) is 13.2 Å². The molecule has 33 heavy (non-hydrogen) atoms. The van der Waals surface area contributed by atoms with Crippen LogP contribution in [0.25, 0.3) is 44.3 Å². The molecule has 0 amide bonds. The Kier molecular flexibility index (Phi) is 4.63. The molecule has 0 radical (unpaired) electrons. The highest BCUT2D eigenvalue weighted by atomic mass is 16.5. The standard InChI is InChI=1S/C23H24N8O2/c1-13-9-24-12-20-16-7-14(3-4-19(16)29-31(20)5-6-32)21-17-8-15(10-25-22(17)28-27-21)18-11-26-30(2)23(18)33-13/h3-4,7-8,10-11,13,24,32H,5-6,9,12H2,1-2H3,(H,25,27,28)/t13-/m0/s1. The van der Waals surface area contributed by atoms with Crippen LogP contribution in [0.3, 0.4) is 0 Å². The smallest absolute Gasteiger partial charge is 0.219 e. The zero-order chi connectivity index (χ0) is 22.5. The SMILES string of the molecule is C[C@H]1CNCc2c3cc(ccc3nn2CCO)-c2[nH]nc3ncc(cc23)-c2cnn(C)c2O1. The average Bonchev–Trinajstić information content (AvgIpc) is 3.49. The van der Waals surface area contributed by atoms with E-state index in [1.54, 1.807) is 10.9 Å². The maximum Gasteiger partial charge on any atom is 0.219 e. The summed E-state index contributed by atoms with van der Waals surface area (Å²) in [5.74, 6) is 0.693. The number of aromatic nitrogens is 7. The molecule has 5 aromatic rings. The van der Waals surface area contributed by atoms with E-state index in [1.165, 1.54) is 0 Å². The van der Waals surface area contributed by atoms with Gasteiger partial charge in [-0.15, -0.1) is 0 Å². The second-order valence-electron chi connectivity index (χ2n) is 8.37. The van der Waals surface area contributed by atoms with Gasteiger partial charge in [-0.25, -0.2) is 9.67 Å². The van der Waals surface area contributed by atoms with E-state index in [9.17, 15) is 5.11 Å². The summed E-state index contributed by atoms with van der Waals surface area (Å²) in [5.41, 5.74) is 6.25. The van der Waals surface area contributed by atoms with Crippen LogP contribution in [0.5, 0.6) is 5.88 Å². The van der Waals surface area contributed by atoms with Gasteiger partial charge in [-0.05, 0) is 25.1 Å². The maximum absolute atomic E-state index is 9.55. The second-order valence-corrected chi connectivity index (χ2v) is 8.37. The zero-order valence-electron chi connectivity index (χ0n) is 18.4. The molecule has 5 heterocycles. The monoisotopic (exact) mass is 444 g/mol. The van der Waals surface area contributed by atoms with Crippen LogP contribution in [-0.4, -0.2) is 59.1 Å². The Bertz CT molecular complexity index is 1480. The fourth-order valence-electron chi connectivity index (χ4n) is 4.46. The van der Waals surface area contributed by atoms with Crippen molar-refractivity contribution < 1.29 is 9.84 Å². The molecule has 0 saturated carbocycles. The highest BCUT2D eigenvalue weighted by molar-refractivity contribution is 5.96. The van der Waals surface area contributed by atoms with E-state index in [4.69, 9.17) is 9.84 Å². The molecule has 0 spiro atoms. The van der Waals surface area contributed by atoms with E-state index in [0.29, 0.717) is 31.2 Å². The van der Waals surface area contributed by atoms with Crippen molar-refractivity contribution in [1.82, 2.24) is 40.1 Å². The summed E-state index contributed by atoms with van der Waals surface area (Å²) in [4.78, 5) is 4.58. The van der Waals surface area contributed by atoms with E-state index in [0.717, 1.165) is 44.4 Å². The molecule has 1 atom stereocenters. The topological polar surface area (TPSA) is 119 Å². The van der Waals surface area contributed by atoms with E-state index in [2.05, 4.69) is 37.7 Å². The van der Waals surface area contributed by atoms with Crippen LogP contribution >= 0.6 is 0 Å². The number of aryl methyl sites for hydroxylation is 1. The molecule has 0 fully saturated rings. The van der Waals surface area contributed by atoms with Gasteiger partial charge in [0.05, 0.1) is 41.8 Å². The van der Waals surface area contributed by atoms with Crippen molar-refractivity contribution >= 4 is 21.9 Å². The van der Waals surface area contributed by atoms with Gasteiger partial charge < -0.3 is 15.2 Å². The van der Waals surface area contributed by atoms with E-state index < -0.39 is 0 Å². The molecule has 168 valence electrons. The minimum atomic E-state index is -0.0958. The Morgan fingerprint density at radius 3 is 2.94 bits per heavy atom. The lowest BCUT2D eigenvalue weighted by Crippen LogP contribution is -2.30. The van der Waals surface area contributed by atoms with Crippen LogP contribution in [0.4, 0.5) is 0 Å². The third-order valence-electron chi connectivity index (χ3n) is 6.09. The highest BCUT2D eigenvalue weighted by Crippen LogP contribution is 2.35. The number of aliphatic hydroxyl groups is 1. The summed E-state index contributed by atoms with van der Waals surface area (Å²) >= 11 is 0. The number of benzene rings is 1. The van der Waals surface area contributed by atoms with Gasteiger partial charge in [0.25, 0.3) is 0 Å². The Balaban J connectivity index is 1.59. The normalized spacial score (nSPS) is 16.2. The largest absolute Gasteiger partial charge is 0.473 e. The number of H-pyrrole nitrogens is 1. The van der Waals surface area contributed by atoms with Gasteiger partial charge in [-0.3, -0.25) is 9.78 Å². The molecular weight excluding hydrogens is 420 g/mol. The van der Waals surface area contributed by atoms with Crippen molar-refractivity contribution in [3.63, 3.8) is 0 Å². The van der Waals surface area contributed by atoms with Gasteiger partial charge in [-0.1, -0.05) is 6.07 Å². The van der Waals surface area contributed by atoms with Gasteiger partial charge in [0.15, 0.2) is 5.65 Å². The van der Waals surface area contributed by atoms with Crippen LogP contribution in [-0.2, 0) is 20.1 Å². The molecule has 4 bridgehead atoms. The molecule has 0 saturated heterocycles. The molecular formula is C23H24N8O2. The number of pyridine rings is 1. The van der Waals surface area contributed by atoms with E-state index >= 15 is 0 Å². The number of hydrogen-bond acceptors (Lipinski definition) is 7. The van der Waals surface area contributed by atoms with Crippen LogP contribution in [0.1, 0.15) is 12.6 Å². The lowest BCUT2D eigenvalue weighted by Gasteiger charge is -2.17. The van der Waals surface area contributed by atoms with Gasteiger partial charge >= 0.3 is 0 Å². The minimum Gasteiger partial charge on any atom is -0.473 e. The lowest BCUT2D eigenvalue weighted by molar-refractivity contribution is 0.199. The molecule has 1 aliphatic heterocycles. The van der Waals surface area contributed by atoms with Crippen molar-refractivity contribution in [2.24, 2.45) is 7.05 Å². The molecule has 1 aliphatic rings. The summed E-state index contributed by atoms with van der Waals surface area (Å²) < 4.78 is 9.91. The van der Waals surface area contributed by atoms with Crippen molar-refractivity contribution in [3.8, 4) is 28.3 Å². The summed E-state index contributed by atoms with van der Waals surface area (Å²) in [7, 11) is 1.87. The molecule has 10 nitrogen and oxygen atoms in total. The molecule has 0 unspecified atom stereocenters. The zero-order valence-corrected chi connectivity index (χ0v) is 18.4. The van der Waals surface area contributed by atoms with E-state index in [1.807, 2.05) is 37.0 Å². The van der Waals surface area contributed by atoms with E-state index in [-0.39, 0.29) is 12.7 Å². The first-order chi connectivity index (χ1) is 16.1. The first kappa shape index (κ1) is 19.9. The molecule has 0 aliphatic carbocycles. The number of ether oxygens (including phenoxy) is 1. The number of nitrogens with zero attached hydrogens (tertiary/aromatic N) is 6. The van der Waals surface area contributed by atoms with Gasteiger partial charge in [0.2, 0.25) is 5.88 Å². The number of hydrogen-bond donors (Lipinski definition) is 3. The lowest BCUT2D eigenvalue weighted by atomic mass is 10.0. The molecule has 3 N–H and O–H groups in total. The molecule has 4 aromatic heterocycles. The average molecular weight is 444 g/mol. The van der Waals surface area contributed by atoms with Crippen molar-refractivity contribution in [3.05, 3.63) is 42.4 Å². The van der Waals surface area contributed by atoms with Gasteiger partial charge in [0, 0.05) is 48.2 Å². The first-order valence-corrected chi connectivity index (χ1v) is 11.0. The second kappa shape index (κ2) is 7.68. The summed E-state index contributed by atoms with van der Waals surface area (Å²) in [5, 5.41) is 31.7. The maximum atomic E-state index is 9.55. The summed E-state index contributed by atoms with van der Waals surface area (Å²) in [6.45, 7) is 3.72. The van der Waals surface area contributed by atoms with Crippen LogP contribution in [0.15, 0.2) is 36.7 Å². The molecule has 6 rings (SSSR count). The predicted molar refractivity (Wildman–Crippen MR) is 124 cm³/mol. The summed E-state index contributed by atoms with van der Waals surface area (Å²) in [6.07, 6.45) is 3.51. The predicted octanol–water partition coefficient (Wildman–Crippen LogP) is 2.24. The quantitative estimate of drug-likeness (QED) is 0.382. The highest BCUT2D eigenvalue weighted by Gasteiger charge is 2.20. The number of aliphatic hydroxyl groups excluding tert-OH is 1. The Morgan fingerprint density at radius 2 is 2.06 bits per heavy atom. The first-order valence-electron chi connectivity index (χ1n) is 11.0. The number of rotatable bonds is 2. The van der Waals surface area contributed by atoms with Crippen LogP contribution < -0.4 is 10.1 Å². The van der Waals surface area contributed by atoms with Crippen molar-refractivity contribution in [1.29, 1.82) is 0 Å². The van der Waals surface area contributed by atoms with Crippen LogP contribution in [0.2, 0.25) is 0 Å². The number of nitrogens with one attached hydrogen (secondary N) is 2. The Morgan fingerprint density at radius 1 is 1.18 bits per heavy atom. The number of fused-ring (bicyclic) bond motifs is 5. The minimum absolute atomic E-state index is 0.0241. The Labute approximate surface area is 189 Å². The van der Waals surface area contributed by atoms with Gasteiger partial charge in [-0.2, -0.15) is 15.3 Å². The fraction of sp³-hybridized carbons (Fsp3) is 0.304. The van der Waals surface area contributed by atoms with Gasteiger partial charge in [0.1, 0.15) is 6.10 Å². The fourth-order valence-corrected chi connectivity index (χ4v) is 4.46. The number of aromatic amines is 1. The molecule has 1 aromatic carbocycles.